The number of nitrogens with zero attached hydrogens (tertiary/aromatic N) is 5. The van der Waals surface area contributed by atoms with Crippen LogP contribution in [0.4, 0.5) is 0 Å². The highest BCUT2D eigenvalue weighted by atomic mass is 32.2. The fourth-order valence-electron chi connectivity index (χ4n) is 3.22. The van der Waals surface area contributed by atoms with Crippen molar-refractivity contribution in [1.29, 1.82) is 0 Å². The molecular formula is C16H24N6O3S. The highest BCUT2D eigenvalue weighted by Gasteiger charge is 2.37. The fourth-order valence-corrected chi connectivity index (χ4v) is 4.62. The predicted octanol–water partition coefficient (Wildman–Crippen LogP) is -0.153. The van der Waals surface area contributed by atoms with Crippen molar-refractivity contribution < 1.29 is 13.2 Å². The van der Waals surface area contributed by atoms with E-state index in [1.165, 1.54) is 10.5 Å². The lowest BCUT2D eigenvalue weighted by atomic mass is 10.0. The monoisotopic (exact) mass is 380 g/mol. The van der Waals surface area contributed by atoms with Gasteiger partial charge in [-0.15, -0.1) is 0 Å². The van der Waals surface area contributed by atoms with E-state index >= 15 is 0 Å². The molecule has 3 heterocycles. The molecule has 1 aliphatic rings. The second kappa shape index (κ2) is 6.29. The van der Waals surface area contributed by atoms with Crippen molar-refractivity contribution in [1.82, 2.24) is 24.0 Å². The molecule has 1 saturated heterocycles. The van der Waals surface area contributed by atoms with Gasteiger partial charge in [-0.25, -0.2) is 13.4 Å². The zero-order valence-electron chi connectivity index (χ0n) is 15.4. The quantitative estimate of drug-likeness (QED) is 0.789. The van der Waals surface area contributed by atoms with Gasteiger partial charge in [-0.1, -0.05) is 0 Å². The standard InChI is InChI=1S/C16H24N6O3S/c1-11-13-9-12(10-18-14(13)20(4)19-11)26(24,25)22-7-5-21(6-8-22)16(2,3)15(17)23/h9-10H,5-8H2,1-4H3,(H2,17,23). The smallest absolute Gasteiger partial charge is 0.244 e. The van der Waals surface area contributed by atoms with Gasteiger partial charge in [-0.05, 0) is 26.8 Å². The second-order valence-corrected chi connectivity index (χ2v) is 9.00. The minimum atomic E-state index is -3.66. The maximum absolute atomic E-state index is 13.0. The molecule has 0 spiro atoms. The minimum Gasteiger partial charge on any atom is -0.368 e. The van der Waals surface area contributed by atoms with Crippen molar-refractivity contribution in [3.8, 4) is 0 Å². The number of fused-ring (bicyclic) bond motifs is 1. The zero-order valence-corrected chi connectivity index (χ0v) is 16.2. The number of pyridine rings is 1. The van der Waals surface area contributed by atoms with Crippen LogP contribution in [0.5, 0.6) is 0 Å². The molecule has 2 aromatic heterocycles. The number of nitrogens with two attached hydrogens (primary N) is 1. The third-order valence-corrected chi connectivity index (χ3v) is 6.97. The number of aryl methyl sites for hydroxylation is 2. The highest BCUT2D eigenvalue weighted by molar-refractivity contribution is 7.89. The molecule has 10 heteroatoms. The van der Waals surface area contributed by atoms with Crippen LogP contribution in [0.3, 0.4) is 0 Å². The molecule has 2 N–H and O–H groups in total. The number of hydrogen-bond acceptors (Lipinski definition) is 6. The van der Waals surface area contributed by atoms with E-state index in [9.17, 15) is 13.2 Å². The summed E-state index contributed by atoms with van der Waals surface area (Å²) in [5, 5.41) is 5.00. The van der Waals surface area contributed by atoms with Crippen LogP contribution >= 0.6 is 0 Å². The molecule has 0 atom stereocenters. The van der Waals surface area contributed by atoms with Crippen molar-refractivity contribution in [2.45, 2.75) is 31.2 Å². The summed E-state index contributed by atoms with van der Waals surface area (Å²) in [7, 11) is -1.89. The van der Waals surface area contributed by atoms with E-state index in [-0.39, 0.29) is 4.90 Å². The van der Waals surface area contributed by atoms with Gasteiger partial charge in [0.05, 0.1) is 11.2 Å². The molecule has 2 aromatic rings. The molecule has 0 unspecified atom stereocenters. The van der Waals surface area contributed by atoms with Crippen molar-refractivity contribution in [2.75, 3.05) is 26.2 Å². The largest absolute Gasteiger partial charge is 0.368 e. The number of amides is 1. The number of rotatable bonds is 4. The molecule has 0 radical (unpaired) electrons. The van der Waals surface area contributed by atoms with Gasteiger partial charge >= 0.3 is 0 Å². The van der Waals surface area contributed by atoms with E-state index in [1.807, 2.05) is 11.8 Å². The van der Waals surface area contributed by atoms with Crippen molar-refractivity contribution in [2.24, 2.45) is 12.8 Å². The van der Waals surface area contributed by atoms with Gasteiger partial charge in [0.2, 0.25) is 15.9 Å². The van der Waals surface area contributed by atoms with Gasteiger partial charge in [0, 0.05) is 44.8 Å². The molecule has 9 nitrogen and oxygen atoms in total. The first-order chi connectivity index (χ1) is 12.0. The van der Waals surface area contributed by atoms with Gasteiger partial charge in [-0.3, -0.25) is 14.4 Å². The van der Waals surface area contributed by atoms with E-state index in [2.05, 4.69) is 10.1 Å². The first-order valence-electron chi connectivity index (χ1n) is 8.39. The van der Waals surface area contributed by atoms with Gasteiger partial charge in [0.1, 0.15) is 4.90 Å². The molecule has 1 amide bonds. The number of piperazine rings is 1. The Bertz CT molecular complexity index is 958. The summed E-state index contributed by atoms with van der Waals surface area (Å²) in [5.74, 6) is -0.421. The van der Waals surface area contributed by atoms with Crippen LogP contribution in [0.2, 0.25) is 0 Å². The van der Waals surface area contributed by atoms with E-state index < -0.39 is 21.5 Å². The van der Waals surface area contributed by atoms with Crippen LogP contribution in [-0.4, -0.2) is 70.0 Å². The average Bonchev–Trinajstić information content (AvgIpc) is 2.88. The van der Waals surface area contributed by atoms with E-state index in [0.717, 1.165) is 11.1 Å². The Hall–Kier alpha value is -2.04. The van der Waals surface area contributed by atoms with Crippen molar-refractivity contribution in [3.63, 3.8) is 0 Å². The molecule has 1 fully saturated rings. The summed E-state index contributed by atoms with van der Waals surface area (Å²) in [6, 6.07) is 1.62. The van der Waals surface area contributed by atoms with Crippen LogP contribution < -0.4 is 5.73 Å². The Morgan fingerprint density at radius 2 is 1.85 bits per heavy atom. The summed E-state index contributed by atoms with van der Waals surface area (Å²) in [4.78, 5) is 17.9. The van der Waals surface area contributed by atoms with E-state index in [4.69, 9.17) is 5.73 Å². The number of aromatic nitrogens is 3. The highest BCUT2D eigenvalue weighted by Crippen LogP contribution is 2.24. The van der Waals surface area contributed by atoms with Crippen molar-refractivity contribution in [3.05, 3.63) is 18.0 Å². The fraction of sp³-hybridized carbons (Fsp3) is 0.562. The maximum atomic E-state index is 13.0. The Labute approximate surface area is 152 Å². The SMILES string of the molecule is Cc1nn(C)c2ncc(S(=O)(=O)N3CCN(C(C)(C)C(N)=O)CC3)cc12. The number of carbonyl (C=O) groups is 1. The number of primary amides is 1. The van der Waals surface area contributed by atoms with E-state index in [1.54, 1.807) is 31.6 Å². The Morgan fingerprint density at radius 3 is 2.42 bits per heavy atom. The summed E-state index contributed by atoms with van der Waals surface area (Å²) in [6.45, 7) is 6.80. The number of sulfonamides is 1. The molecule has 142 valence electrons. The van der Waals surface area contributed by atoms with Crippen LogP contribution in [0, 0.1) is 6.92 Å². The third-order valence-electron chi connectivity index (χ3n) is 5.11. The Kier molecular flexibility index (Phi) is 4.53. The van der Waals surface area contributed by atoms with Gasteiger partial charge in [0.15, 0.2) is 5.65 Å². The minimum absolute atomic E-state index is 0.156. The maximum Gasteiger partial charge on any atom is 0.244 e. The average molecular weight is 380 g/mol. The number of carbonyl (C=O) groups excluding carboxylic acids is 1. The lowest BCUT2D eigenvalue weighted by Crippen LogP contribution is -2.60. The third kappa shape index (κ3) is 2.97. The van der Waals surface area contributed by atoms with Crippen molar-refractivity contribution >= 4 is 27.0 Å². The Balaban J connectivity index is 1.84. The molecule has 3 rings (SSSR count). The van der Waals surface area contributed by atoms with Gasteiger partial charge in [0.25, 0.3) is 0 Å². The first-order valence-corrected chi connectivity index (χ1v) is 9.83. The zero-order chi connectivity index (χ0) is 19.3. The summed E-state index contributed by atoms with van der Waals surface area (Å²) in [5.41, 5.74) is 6.03. The second-order valence-electron chi connectivity index (χ2n) is 7.07. The van der Waals surface area contributed by atoms with Crippen LogP contribution in [0.25, 0.3) is 11.0 Å². The number of hydrogen-bond donors (Lipinski definition) is 1. The van der Waals surface area contributed by atoms with Crippen LogP contribution in [0.1, 0.15) is 19.5 Å². The molecule has 0 aliphatic carbocycles. The summed E-state index contributed by atoms with van der Waals surface area (Å²) in [6.07, 6.45) is 1.37. The van der Waals surface area contributed by atoms with Gasteiger partial charge in [-0.2, -0.15) is 9.40 Å². The summed E-state index contributed by atoms with van der Waals surface area (Å²) < 4.78 is 29.0. The molecular weight excluding hydrogens is 356 g/mol. The lowest BCUT2D eigenvalue weighted by molar-refractivity contribution is -0.129. The lowest BCUT2D eigenvalue weighted by Gasteiger charge is -2.41. The first kappa shape index (κ1) is 18.7. The normalized spacial score (nSPS) is 17.7. The van der Waals surface area contributed by atoms with Crippen LogP contribution in [0.15, 0.2) is 17.2 Å². The Morgan fingerprint density at radius 1 is 1.23 bits per heavy atom. The topological polar surface area (TPSA) is 114 Å². The summed E-state index contributed by atoms with van der Waals surface area (Å²) >= 11 is 0. The van der Waals surface area contributed by atoms with E-state index in [0.29, 0.717) is 31.8 Å². The molecule has 0 saturated carbocycles. The molecule has 1 aliphatic heterocycles. The van der Waals surface area contributed by atoms with Crippen LogP contribution in [-0.2, 0) is 21.9 Å². The van der Waals surface area contributed by atoms with Gasteiger partial charge < -0.3 is 5.73 Å². The molecule has 0 bridgehead atoms. The molecule has 26 heavy (non-hydrogen) atoms. The predicted molar refractivity (Wildman–Crippen MR) is 96.9 cm³/mol. The molecule has 0 aromatic carbocycles.